The Hall–Kier alpha value is -12.6. The highest BCUT2D eigenvalue weighted by Gasteiger charge is 2.16. The van der Waals surface area contributed by atoms with Crippen molar-refractivity contribution in [3.8, 4) is 0 Å². The van der Waals surface area contributed by atoms with Crippen LogP contribution >= 0.6 is 0 Å². The van der Waals surface area contributed by atoms with Crippen molar-refractivity contribution in [3.63, 3.8) is 0 Å². The van der Waals surface area contributed by atoms with Crippen LogP contribution in [0.4, 0.5) is 0 Å². The number of ether oxygens (including phenoxy) is 12. The van der Waals surface area contributed by atoms with Crippen LogP contribution in [0.2, 0.25) is 0 Å². The number of hydrogen-bond acceptors (Lipinski definition) is 24. The van der Waals surface area contributed by atoms with Crippen molar-refractivity contribution in [2.75, 3.05) is 79.3 Å². The third-order valence-electron chi connectivity index (χ3n) is 19.0. The van der Waals surface area contributed by atoms with Gasteiger partial charge in [0.05, 0.1) is 91.8 Å². The number of carbonyl (C=O) groups excluding carboxylic acids is 12. The molecule has 0 saturated carbocycles. The van der Waals surface area contributed by atoms with Gasteiger partial charge in [0.2, 0.25) is 0 Å². The molecule has 0 aliphatic heterocycles. The zero-order valence-corrected chi connectivity index (χ0v) is 73.7. The molecule has 0 spiro atoms. The van der Waals surface area contributed by atoms with Gasteiger partial charge in [-0.25, -0.2) is 19.2 Å². The Kier molecular flexibility index (Phi) is 51.6. The summed E-state index contributed by atoms with van der Waals surface area (Å²) < 4.78 is 61.3. The molecule has 0 N–H and O–H groups in total. The van der Waals surface area contributed by atoms with Gasteiger partial charge < -0.3 is 56.8 Å². The first-order valence-corrected chi connectivity index (χ1v) is 43.3. The van der Waals surface area contributed by atoms with Crippen molar-refractivity contribution in [1.82, 2.24) is 0 Å². The minimum atomic E-state index is -0.480. The minimum Gasteiger partial charge on any atom is -0.466 e. The van der Waals surface area contributed by atoms with Crippen molar-refractivity contribution >= 4 is 115 Å². The van der Waals surface area contributed by atoms with Gasteiger partial charge in [-0.15, -0.1) is 0 Å². The lowest BCUT2D eigenvalue weighted by Crippen LogP contribution is -2.15. The summed E-state index contributed by atoms with van der Waals surface area (Å²) in [4.78, 5) is 140. The third kappa shape index (κ3) is 45.7. The molecule has 8 aromatic rings. The molecule has 24 nitrogen and oxygen atoms in total. The second kappa shape index (κ2) is 62.5. The number of fused-ring (bicyclic) bond motifs is 4. The average Bonchev–Trinajstić information content (AvgIpc) is 0.845. The highest BCUT2D eigenvalue weighted by molar-refractivity contribution is 5.93. The molecule has 24 heteroatoms. The zero-order valence-electron chi connectivity index (χ0n) is 73.7. The summed E-state index contributed by atoms with van der Waals surface area (Å²) in [5, 5.41) is 8.74. The van der Waals surface area contributed by atoms with E-state index in [1.165, 1.54) is 0 Å². The summed E-state index contributed by atoms with van der Waals surface area (Å²) in [6.07, 6.45) is 16.4. The second-order valence-corrected chi connectivity index (χ2v) is 30.1. The number of rotatable bonds is 54. The monoisotopic (exact) mass is 1730 g/mol. The Labute approximate surface area is 740 Å². The van der Waals surface area contributed by atoms with Crippen LogP contribution in [0.1, 0.15) is 191 Å². The van der Waals surface area contributed by atoms with Crippen molar-refractivity contribution < 1.29 is 114 Å². The van der Waals surface area contributed by atoms with Gasteiger partial charge in [0.1, 0.15) is 13.2 Å². The van der Waals surface area contributed by atoms with Gasteiger partial charge in [-0.1, -0.05) is 235 Å². The summed E-state index contributed by atoms with van der Waals surface area (Å²) in [7, 11) is 0. The lowest BCUT2D eigenvalue weighted by Gasteiger charge is -2.08. The Morgan fingerprint density at radius 3 is 0.730 bits per heavy atom. The van der Waals surface area contributed by atoms with Gasteiger partial charge in [-0.2, -0.15) is 0 Å². The van der Waals surface area contributed by atoms with Crippen LogP contribution in [0.25, 0.3) is 43.1 Å². The molecule has 0 atom stereocenters. The van der Waals surface area contributed by atoms with Crippen LogP contribution in [-0.4, -0.2) is 151 Å². The van der Waals surface area contributed by atoms with E-state index in [2.05, 4.69) is 38.4 Å². The van der Waals surface area contributed by atoms with Crippen LogP contribution < -0.4 is 0 Å². The van der Waals surface area contributed by atoms with Gasteiger partial charge in [-0.3, -0.25) is 38.4 Å². The number of hydrogen-bond donors (Lipinski definition) is 0. The van der Waals surface area contributed by atoms with E-state index >= 15 is 0 Å². The van der Waals surface area contributed by atoms with Crippen LogP contribution in [0, 0.1) is 0 Å². The van der Waals surface area contributed by atoms with Crippen molar-refractivity contribution in [2.45, 2.75) is 195 Å². The smallest absolute Gasteiger partial charge is 0.333 e. The van der Waals surface area contributed by atoms with E-state index in [0.29, 0.717) is 93.7 Å². The number of esters is 12. The Bertz CT molecular complexity index is 4820. The maximum absolute atomic E-state index is 12.2. The summed E-state index contributed by atoms with van der Waals surface area (Å²) in [6.45, 7) is 23.1. The molecule has 0 aromatic heterocycles. The van der Waals surface area contributed by atoms with Gasteiger partial charge in [0.15, 0.2) is 0 Å². The first-order chi connectivity index (χ1) is 60.9. The third-order valence-corrected chi connectivity index (χ3v) is 19.0. The highest BCUT2D eigenvalue weighted by atomic mass is 16.6. The molecule has 0 saturated heterocycles. The van der Waals surface area contributed by atoms with Gasteiger partial charge in [0.25, 0.3) is 0 Å². The predicted molar refractivity (Wildman–Crippen MR) is 483 cm³/mol. The molecule has 126 heavy (non-hydrogen) atoms. The molecule has 8 aromatic carbocycles. The van der Waals surface area contributed by atoms with Crippen LogP contribution in [0.3, 0.4) is 0 Å². The Balaban J connectivity index is 0.000000299. The summed E-state index contributed by atoms with van der Waals surface area (Å²) >= 11 is 0. The normalized spacial score (nSPS) is 10.5. The van der Waals surface area contributed by atoms with Crippen molar-refractivity contribution in [3.05, 3.63) is 241 Å². The molecular formula is C102H124O24. The maximum atomic E-state index is 12.2. The van der Waals surface area contributed by atoms with E-state index in [4.69, 9.17) is 56.8 Å². The van der Waals surface area contributed by atoms with E-state index in [1.807, 2.05) is 158 Å². The maximum Gasteiger partial charge on any atom is 0.333 e. The fourth-order valence-electron chi connectivity index (χ4n) is 12.3. The SMILES string of the molecule is C=C(C)C(=O)OCCCC(=O)OCCCCCCCCCCOC(=O)Cc1cccc2ccccc12.C=C(C)C(=O)OCCCC(=O)OCCCCCCOC(=O)Cc1ccc2ccccc2c1.C=C(C)C(=O)OCCCC(=O)OCCCCOC(=O)Cc1cccc2ccccc12.C=C(C)C(=O)OCCCC(=O)OCCOC(=O)Cc1cccc2ccccc12. The Morgan fingerprint density at radius 2 is 0.429 bits per heavy atom. The molecule has 0 amide bonds. The standard InChI is InChI=1S/C30H40O6.C26H32O6.C24H28O6.C22H24O6/c1-24(2)30(33)36-22-14-19-28(31)34-20-11-7-5-3-4-6-8-12-21-35-29(32)23-26-17-13-16-25-15-9-10-18-27(25)26;1-20(2)26(29)32-17-9-12-24(27)30-15-7-3-4-8-16-31-25(28)19-21-13-14-22-10-5-6-11-23(22)18-21;1-18(2)24(27)30-16-8-13-22(25)28-14-5-6-15-29-23(26)17-20-11-7-10-19-9-3-4-12-21(19)20;1-16(2)22(25)28-12-6-11-20(23)26-13-14-27-21(24)15-18-9-5-8-17-7-3-4-10-19(17)18/h9-10,13,15-18H,1,3-8,11-12,14,19-23H2,2H3;5-6,10-11,13-14,18H,1,3-4,7-9,12,15-17,19H2,2H3;3-4,7,9-12H,1,5-6,8,13-17H2,2H3;3-5,7-10H,1,6,11-15H2,2H3. The highest BCUT2D eigenvalue weighted by Crippen LogP contribution is 2.24. The van der Waals surface area contributed by atoms with Crippen molar-refractivity contribution in [1.29, 1.82) is 0 Å². The van der Waals surface area contributed by atoms with Crippen LogP contribution in [0.5, 0.6) is 0 Å². The number of carbonyl (C=O) groups is 12. The zero-order chi connectivity index (χ0) is 91.3. The quantitative estimate of drug-likeness (QED) is 0.0148. The average molecular weight is 1730 g/mol. The topological polar surface area (TPSA) is 316 Å². The number of unbranched alkanes of at least 4 members (excludes halogenated alkanes) is 11. The van der Waals surface area contributed by atoms with Crippen LogP contribution in [-0.2, 0) is 140 Å². The van der Waals surface area contributed by atoms with Gasteiger partial charge >= 0.3 is 71.6 Å². The fraction of sp³-hybridized carbons (Fsp3) is 0.412. The second-order valence-electron chi connectivity index (χ2n) is 30.1. The molecular weight excluding hydrogens is 1610 g/mol. The number of benzene rings is 8. The van der Waals surface area contributed by atoms with Gasteiger partial charge in [0, 0.05) is 48.0 Å². The lowest BCUT2D eigenvalue weighted by molar-refractivity contribution is -0.152. The summed E-state index contributed by atoms with van der Waals surface area (Å²) in [5.74, 6) is -4.17. The fourth-order valence-corrected chi connectivity index (χ4v) is 12.3. The molecule has 0 unspecified atom stereocenters. The van der Waals surface area contributed by atoms with Crippen molar-refractivity contribution in [2.24, 2.45) is 0 Å². The molecule has 0 fully saturated rings. The first kappa shape index (κ1) is 104. The summed E-state index contributed by atoms with van der Waals surface area (Å²) in [6, 6.07) is 55.6. The van der Waals surface area contributed by atoms with E-state index < -0.39 is 29.8 Å². The van der Waals surface area contributed by atoms with Gasteiger partial charge in [-0.05, 0) is 170 Å². The Morgan fingerprint density at radius 1 is 0.206 bits per heavy atom. The summed E-state index contributed by atoms with van der Waals surface area (Å²) in [5.41, 5.74) is 5.13. The molecule has 0 heterocycles. The van der Waals surface area contributed by atoms with E-state index in [0.717, 1.165) is 142 Å². The minimum absolute atomic E-state index is 0.0000157. The molecule has 676 valence electrons. The lowest BCUT2D eigenvalue weighted by atomic mass is 10.0. The van der Waals surface area contributed by atoms with E-state index in [9.17, 15) is 57.5 Å². The predicted octanol–water partition coefficient (Wildman–Crippen LogP) is 18.9. The molecule has 8 rings (SSSR count). The molecule has 0 radical (unpaired) electrons. The molecule has 0 bridgehead atoms. The largest absolute Gasteiger partial charge is 0.466 e. The van der Waals surface area contributed by atoms with E-state index in [1.54, 1.807) is 27.7 Å². The molecule has 0 aliphatic carbocycles. The molecule has 0 aliphatic rings. The van der Waals surface area contributed by atoms with Crippen LogP contribution in [0.15, 0.2) is 218 Å². The van der Waals surface area contributed by atoms with E-state index in [-0.39, 0.29) is 140 Å². The first-order valence-electron chi connectivity index (χ1n) is 43.3.